The fraction of sp³-hybridized carbons (Fsp3) is 0.583. The molecule has 104 valence electrons. The third-order valence-corrected chi connectivity index (χ3v) is 2.75. The molecule has 0 aromatic carbocycles. The monoisotopic (exact) mass is 267 g/mol. The van der Waals surface area contributed by atoms with Crippen molar-refractivity contribution in [2.75, 3.05) is 13.1 Å². The van der Waals surface area contributed by atoms with Gasteiger partial charge in [-0.3, -0.25) is 9.59 Å². The summed E-state index contributed by atoms with van der Waals surface area (Å²) in [6.45, 7) is 2.33. The van der Waals surface area contributed by atoms with E-state index in [1.54, 1.807) is 6.92 Å². The fourth-order valence-electron chi connectivity index (χ4n) is 1.85. The number of carboxylic acids is 1. The van der Waals surface area contributed by atoms with Crippen molar-refractivity contribution in [1.82, 2.24) is 15.5 Å². The Morgan fingerprint density at radius 3 is 2.95 bits per heavy atom. The summed E-state index contributed by atoms with van der Waals surface area (Å²) in [5, 5.41) is 14.0. The molecule has 1 aliphatic rings. The molecule has 0 bridgehead atoms. The summed E-state index contributed by atoms with van der Waals surface area (Å²) in [6, 6.07) is -1.68. The standard InChI is InChI=1S/C12H17N3O4/c1-3-4-8(2)14-12(19)15-6-5-13-11(18)9(15)7-10(16)17/h1,8-9H,4-7H2,2H3,(H,13,18)(H,14,19)(H,16,17). The first kappa shape index (κ1) is 14.8. The minimum Gasteiger partial charge on any atom is -0.481 e. The van der Waals surface area contributed by atoms with Gasteiger partial charge in [0.05, 0.1) is 6.42 Å². The van der Waals surface area contributed by atoms with Crippen molar-refractivity contribution in [3.8, 4) is 12.3 Å². The van der Waals surface area contributed by atoms with Crippen molar-refractivity contribution >= 4 is 17.9 Å². The minimum absolute atomic E-state index is 0.229. The Labute approximate surface area is 111 Å². The summed E-state index contributed by atoms with van der Waals surface area (Å²) < 4.78 is 0. The largest absolute Gasteiger partial charge is 0.481 e. The van der Waals surface area contributed by atoms with Gasteiger partial charge in [0.1, 0.15) is 6.04 Å². The Kier molecular flexibility index (Phi) is 5.18. The van der Waals surface area contributed by atoms with Crippen molar-refractivity contribution < 1.29 is 19.5 Å². The lowest BCUT2D eigenvalue weighted by molar-refractivity contribution is -0.142. The Balaban J connectivity index is 2.71. The van der Waals surface area contributed by atoms with Crippen molar-refractivity contribution in [3.05, 3.63) is 0 Å². The van der Waals surface area contributed by atoms with Gasteiger partial charge in [-0.05, 0) is 6.92 Å². The van der Waals surface area contributed by atoms with Gasteiger partial charge in [0, 0.05) is 25.6 Å². The highest BCUT2D eigenvalue weighted by atomic mass is 16.4. The number of hydrogen-bond acceptors (Lipinski definition) is 3. The zero-order valence-electron chi connectivity index (χ0n) is 10.7. The molecule has 1 fully saturated rings. The quantitative estimate of drug-likeness (QED) is 0.591. The molecular weight excluding hydrogens is 250 g/mol. The SMILES string of the molecule is C#CCC(C)NC(=O)N1CCNC(=O)C1CC(=O)O. The first-order chi connectivity index (χ1) is 8.95. The molecule has 7 nitrogen and oxygen atoms in total. The van der Waals surface area contributed by atoms with Crippen LogP contribution in [0.25, 0.3) is 0 Å². The lowest BCUT2D eigenvalue weighted by atomic mass is 10.1. The number of carbonyl (C=O) groups is 3. The molecule has 0 aliphatic carbocycles. The molecule has 0 aromatic heterocycles. The van der Waals surface area contributed by atoms with E-state index in [9.17, 15) is 14.4 Å². The smallest absolute Gasteiger partial charge is 0.318 e. The van der Waals surface area contributed by atoms with Crippen LogP contribution < -0.4 is 10.6 Å². The van der Waals surface area contributed by atoms with Crippen LogP contribution in [0.1, 0.15) is 19.8 Å². The summed E-state index contributed by atoms with van der Waals surface area (Å²) >= 11 is 0. The first-order valence-electron chi connectivity index (χ1n) is 5.95. The average molecular weight is 267 g/mol. The molecular formula is C12H17N3O4. The number of piperazine rings is 1. The maximum absolute atomic E-state index is 12.0. The van der Waals surface area contributed by atoms with Crippen LogP contribution in [0.3, 0.4) is 0 Å². The zero-order chi connectivity index (χ0) is 14.4. The molecule has 2 unspecified atom stereocenters. The number of hydrogen-bond donors (Lipinski definition) is 3. The van der Waals surface area contributed by atoms with Gasteiger partial charge in [-0.25, -0.2) is 4.79 Å². The summed E-state index contributed by atoms with van der Waals surface area (Å²) in [5.41, 5.74) is 0. The van der Waals surface area contributed by atoms with E-state index in [1.165, 1.54) is 4.90 Å². The summed E-state index contributed by atoms with van der Waals surface area (Å²) in [7, 11) is 0. The number of carbonyl (C=O) groups excluding carboxylic acids is 2. The Morgan fingerprint density at radius 2 is 2.37 bits per heavy atom. The van der Waals surface area contributed by atoms with Gasteiger partial charge in [-0.15, -0.1) is 12.3 Å². The molecule has 0 saturated carbocycles. The van der Waals surface area contributed by atoms with Crippen LogP contribution in [-0.2, 0) is 9.59 Å². The van der Waals surface area contributed by atoms with Crippen LogP contribution in [0.2, 0.25) is 0 Å². The van der Waals surface area contributed by atoms with Crippen LogP contribution in [0.15, 0.2) is 0 Å². The maximum Gasteiger partial charge on any atom is 0.318 e. The van der Waals surface area contributed by atoms with Crippen molar-refractivity contribution in [2.24, 2.45) is 0 Å². The highest BCUT2D eigenvalue weighted by Gasteiger charge is 2.34. The predicted octanol–water partition coefficient (Wildman–Crippen LogP) is -0.617. The number of urea groups is 1. The van der Waals surface area contributed by atoms with Gasteiger partial charge in [0.15, 0.2) is 0 Å². The summed E-state index contributed by atoms with van der Waals surface area (Å²) in [5.74, 6) is 0.843. The van der Waals surface area contributed by atoms with E-state index in [-0.39, 0.29) is 12.6 Å². The minimum atomic E-state index is -1.13. The number of rotatable bonds is 4. The Bertz CT molecular complexity index is 416. The normalized spacial score (nSPS) is 20.1. The highest BCUT2D eigenvalue weighted by Crippen LogP contribution is 2.09. The third-order valence-electron chi connectivity index (χ3n) is 2.75. The highest BCUT2D eigenvalue weighted by molar-refractivity contribution is 5.91. The molecule has 7 heteroatoms. The van der Waals surface area contributed by atoms with Crippen molar-refractivity contribution in [2.45, 2.75) is 31.8 Å². The summed E-state index contributed by atoms with van der Waals surface area (Å²) in [4.78, 5) is 35.6. The van der Waals surface area contributed by atoms with Gasteiger partial charge in [0.25, 0.3) is 0 Å². The predicted molar refractivity (Wildman–Crippen MR) is 67.2 cm³/mol. The molecule has 3 N–H and O–H groups in total. The first-order valence-corrected chi connectivity index (χ1v) is 5.95. The molecule has 1 heterocycles. The second kappa shape index (κ2) is 6.64. The van der Waals surface area contributed by atoms with Gasteiger partial charge < -0.3 is 20.6 Å². The van der Waals surface area contributed by atoms with Gasteiger partial charge >= 0.3 is 12.0 Å². The van der Waals surface area contributed by atoms with E-state index >= 15 is 0 Å². The molecule has 19 heavy (non-hydrogen) atoms. The van der Waals surface area contributed by atoms with E-state index < -0.39 is 30.4 Å². The Hall–Kier alpha value is -2.23. The van der Waals surface area contributed by atoms with E-state index in [0.29, 0.717) is 13.0 Å². The summed E-state index contributed by atoms with van der Waals surface area (Å²) in [6.07, 6.45) is 5.10. The third kappa shape index (κ3) is 4.17. The molecule has 0 radical (unpaired) electrons. The van der Waals surface area contributed by atoms with E-state index in [2.05, 4.69) is 16.6 Å². The number of carboxylic acid groups (broad SMARTS) is 1. The Morgan fingerprint density at radius 1 is 1.68 bits per heavy atom. The number of nitrogens with zero attached hydrogens (tertiary/aromatic N) is 1. The van der Waals surface area contributed by atoms with Crippen molar-refractivity contribution in [3.63, 3.8) is 0 Å². The average Bonchev–Trinajstić information content (AvgIpc) is 2.31. The van der Waals surface area contributed by atoms with Crippen LogP contribution in [0, 0.1) is 12.3 Å². The maximum atomic E-state index is 12.0. The number of amides is 3. The lowest BCUT2D eigenvalue weighted by Crippen LogP contribution is -2.60. The number of aliphatic carboxylic acids is 1. The lowest BCUT2D eigenvalue weighted by Gasteiger charge is -2.34. The van der Waals surface area contributed by atoms with Crippen molar-refractivity contribution in [1.29, 1.82) is 0 Å². The molecule has 0 spiro atoms. The topological polar surface area (TPSA) is 98.7 Å². The van der Waals surface area contributed by atoms with Crippen LogP contribution in [-0.4, -0.2) is 53.1 Å². The second-order valence-corrected chi connectivity index (χ2v) is 4.36. The van der Waals surface area contributed by atoms with Gasteiger partial charge in [-0.2, -0.15) is 0 Å². The van der Waals surface area contributed by atoms with Crippen LogP contribution in [0.4, 0.5) is 4.79 Å². The second-order valence-electron chi connectivity index (χ2n) is 4.36. The number of nitrogens with one attached hydrogen (secondary N) is 2. The molecule has 1 aliphatic heterocycles. The van der Waals surface area contributed by atoms with Gasteiger partial charge in [-0.1, -0.05) is 0 Å². The molecule has 0 aromatic rings. The molecule has 1 rings (SSSR count). The molecule has 2 atom stereocenters. The van der Waals surface area contributed by atoms with E-state index in [0.717, 1.165) is 0 Å². The molecule has 3 amide bonds. The van der Waals surface area contributed by atoms with Crippen LogP contribution >= 0.6 is 0 Å². The zero-order valence-corrected chi connectivity index (χ0v) is 10.7. The fourth-order valence-corrected chi connectivity index (χ4v) is 1.85. The molecule has 1 saturated heterocycles. The van der Waals surface area contributed by atoms with E-state index in [1.807, 2.05) is 0 Å². The van der Waals surface area contributed by atoms with Gasteiger partial charge in [0.2, 0.25) is 5.91 Å². The van der Waals surface area contributed by atoms with Crippen LogP contribution in [0.5, 0.6) is 0 Å². The number of terminal acetylenes is 1. The van der Waals surface area contributed by atoms with E-state index in [4.69, 9.17) is 11.5 Å².